The van der Waals surface area contributed by atoms with Gasteiger partial charge in [-0.2, -0.15) is 13.2 Å². The van der Waals surface area contributed by atoms with Crippen LogP contribution >= 0.6 is 11.6 Å². The van der Waals surface area contributed by atoms with Gasteiger partial charge in [0.15, 0.2) is 0 Å². The molecule has 1 N–H and O–H groups in total. The van der Waals surface area contributed by atoms with Crippen LogP contribution < -0.4 is 5.32 Å². The van der Waals surface area contributed by atoms with Crippen LogP contribution in [0.25, 0.3) is 0 Å². The fourth-order valence-electron chi connectivity index (χ4n) is 2.10. The number of anilines is 1. The van der Waals surface area contributed by atoms with Crippen molar-refractivity contribution in [3.05, 3.63) is 28.8 Å². The molecule has 1 aromatic carbocycles. The monoisotopic (exact) mass is 293 g/mol. The van der Waals surface area contributed by atoms with Crippen LogP contribution in [0.1, 0.15) is 25.3 Å². The standard InChI is InChI=1S/C13H15ClF3NO/c1-8-2-4-10(19-8)7-18-12-6-9(13(15,16)17)3-5-11(12)14/h3,5-6,8,10,18H,2,4,7H2,1H3. The van der Waals surface area contributed by atoms with Crippen molar-refractivity contribution in [2.45, 2.75) is 38.1 Å². The molecule has 2 rings (SSSR count). The van der Waals surface area contributed by atoms with Crippen LogP contribution in [0.2, 0.25) is 5.02 Å². The van der Waals surface area contributed by atoms with Crippen molar-refractivity contribution in [3.63, 3.8) is 0 Å². The summed E-state index contributed by atoms with van der Waals surface area (Å²) in [5.41, 5.74) is -0.417. The molecule has 1 aromatic rings. The van der Waals surface area contributed by atoms with E-state index in [1.54, 1.807) is 0 Å². The summed E-state index contributed by atoms with van der Waals surface area (Å²) in [6.07, 6.45) is -2.24. The predicted molar refractivity (Wildman–Crippen MR) is 68.5 cm³/mol. The minimum absolute atomic E-state index is 0.0283. The topological polar surface area (TPSA) is 21.3 Å². The molecule has 1 aliphatic heterocycles. The Morgan fingerprint density at radius 3 is 2.68 bits per heavy atom. The summed E-state index contributed by atoms with van der Waals surface area (Å²) in [4.78, 5) is 0. The molecule has 1 aliphatic rings. The molecule has 1 heterocycles. The molecule has 2 atom stereocenters. The molecule has 0 saturated carbocycles. The SMILES string of the molecule is CC1CCC(CNc2cc(C(F)(F)F)ccc2Cl)O1. The molecule has 0 aliphatic carbocycles. The van der Waals surface area contributed by atoms with Gasteiger partial charge in [0.2, 0.25) is 0 Å². The molecule has 106 valence electrons. The lowest BCUT2D eigenvalue weighted by Crippen LogP contribution is -2.20. The Morgan fingerprint density at radius 1 is 1.37 bits per heavy atom. The van der Waals surface area contributed by atoms with E-state index in [1.165, 1.54) is 6.07 Å². The second-order valence-corrected chi connectivity index (χ2v) is 5.13. The first-order chi connectivity index (χ1) is 8.86. The Labute approximate surface area is 114 Å². The van der Waals surface area contributed by atoms with Gasteiger partial charge < -0.3 is 10.1 Å². The van der Waals surface area contributed by atoms with Crippen molar-refractivity contribution in [2.75, 3.05) is 11.9 Å². The van der Waals surface area contributed by atoms with Crippen LogP contribution in [-0.2, 0) is 10.9 Å². The van der Waals surface area contributed by atoms with Crippen LogP contribution in [0, 0.1) is 0 Å². The Hall–Kier alpha value is -0.940. The first kappa shape index (κ1) is 14.5. The molecule has 0 radical (unpaired) electrons. The van der Waals surface area contributed by atoms with Gasteiger partial charge in [0, 0.05) is 6.54 Å². The lowest BCUT2D eigenvalue weighted by Gasteiger charge is -2.15. The maximum absolute atomic E-state index is 12.6. The van der Waals surface area contributed by atoms with Crippen molar-refractivity contribution < 1.29 is 17.9 Å². The second-order valence-electron chi connectivity index (χ2n) is 4.72. The molecule has 0 amide bonds. The van der Waals surface area contributed by atoms with Gasteiger partial charge in [0.1, 0.15) is 0 Å². The lowest BCUT2D eigenvalue weighted by atomic mass is 10.1. The van der Waals surface area contributed by atoms with Crippen molar-refractivity contribution in [1.29, 1.82) is 0 Å². The van der Waals surface area contributed by atoms with E-state index in [2.05, 4.69) is 5.32 Å². The van der Waals surface area contributed by atoms with E-state index in [4.69, 9.17) is 16.3 Å². The Bertz CT molecular complexity index is 450. The molecule has 6 heteroatoms. The van der Waals surface area contributed by atoms with E-state index in [-0.39, 0.29) is 17.2 Å². The summed E-state index contributed by atoms with van der Waals surface area (Å²) in [6.45, 7) is 2.45. The maximum Gasteiger partial charge on any atom is 0.416 e. The van der Waals surface area contributed by atoms with E-state index < -0.39 is 11.7 Å². The number of nitrogens with one attached hydrogen (secondary N) is 1. The van der Waals surface area contributed by atoms with E-state index >= 15 is 0 Å². The first-order valence-electron chi connectivity index (χ1n) is 6.12. The summed E-state index contributed by atoms with van der Waals surface area (Å²) in [7, 11) is 0. The van der Waals surface area contributed by atoms with Crippen LogP contribution in [0.4, 0.5) is 18.9 Å². The molecule has 2 unspecified atom stereocenters. The summed E-state index contributed by atoms with van der Waals surface area (Å²) in [5, 5.41) is 3.21. The molecule has 1 fully saturated rings. The molecule has 2 nitrogen and oxygen atoms in total. The molecular weight excluding hydrogens is 279 g/mol. The third-order valence-corrected chi connectivity index (χ3v) is 3.46. The van der Waals surface area contributed by atoms with Gasteiger partial charge in [-0.3, -0.25) is 0 Å². The van der Waals surface area contributed by atoms with Gasteiger partial charge >= 0.3 is 6.18 Å². The second kappa shape index (κ2) is 5.59. The predicted octanol–water partition coefficient (Wildman–Crippen LogP) is 4.34. The quantitative estimate of drug-likeness (QED) is 0.895. The van der Waals surface area contributed by atoms with E-state index in [0.29, 0.717) is 12.2 Å². The average molecular weight is 294 g/mol. The number of hydrogen-bond donors (Lipinski definition) is 1. The van der Waals surface area contributed by atoms with Crippen LogP contribution in [-0.4, -0.2) is 18.8 Å². The Balaban J connectivity index is 2.03. The van der Waals surface area contributed by atoms with Gasteiger partial charge in [-0.05, 0) is 38.0 Å². The Morgan fingerprint density at radius 2 is 2.11 bits per heavy atom. The fraction of sp³-hybridized carbons (Fsp3) is 0.538. The maximum atomic E-state index is 12.6. The van der Waals surface area contributed by atoms with E-state index in [1.807, 2.05) is 6.92 Å². The van der Waals surface area contributed by atoms with Crippen molar-refractivity contribution >= 4 is 17.3 Å². The highest BCUT2D eigenvalue weighted by molar-refractivity contribution is 6.33. The highest BCUT2D eigenvalue weighted by Crippen LogP contribution is 2.34. The summed E-state index contributed by atoms with van der Waals surface area (Å²) < 4.78 is 43.4. The largest absolute Gasteiger partial charge is 0.416 e. The average Bonchev–Trinajstić information content (AvgIpc) is 2.72. The zero-order chi connectivity index (χ0) is 14.0. The minimum atomic E-state index is -4.36. The van der Waals surface area contributed by atoms with Gasteiger partial charge in [-0.25, -0.2) is 0 Å². The fourth-order valence-corrected chi connectivity index (χ4v) is 2.28. The third-order valence-electron chi connectivity index (χ3n) is 3.13. The lowest BCUT2D eigenvalue weighted by molar-refractivity contribution is -0.137. The number of ether oxygens (including phenoxy) is 1. The van der Waals surface area contributed by atoms with E-state index in [9.17, 15) is 13.2 Å². The zero-order valence-electron chi connectivity index (χ0n) is 10.4. The van der Waals surface area contributed by atoms with Crippen molar-refractivity contribution in [2.24, 2.45) is 0 Å². The normalized spacial score (nSPS) is 23.6. The highest BCUT2D eigenvalue weighted by atomic mass is 35.5. The first-order valence-corrected chi connectivity index (χ1v) is 6.50. The number of rotatable bonds is 3. The van der Waals surface area contributed by atoms with Gasteiger partial charge in [0.05, 0.1) is 28.5 Å². The van der Waals surface area contributed by atoms with Gasteiger partial charge in [-0.1, -0.05) is 11.6 Å². The molecule has 19 heavy (non-hydrogen) atoms. The third kappa shape index (κ3) is 3.76. The molecule has 0 aromatic heterocycles. The van der Waals surface area contributed by atoms with Gasteiger partial charge in [0.25, 0.3) is 0 Å². The van der Waals surface area contributed by atoms with E-state index in [0.717, 1.165) is 25.0 Å². The molecular formula is C13H15ClF3NO. The summed E-state index contributed by atoms with van der Waals surface area (Å²) in [6, 6.07) is 3.26. The number of alkyl halides is 3. The minimum Gasteiger partial charge on any atom is -0.381 e. The number of hydrogen-bond acceptors (Lipinski definition) is 2. The summed E-state index contributed by atoms with van der Waals surface area (Å²) >= 11 is 5.89. The molecule has 0 spiro atoms. The highest BCUT2D eigenvalue weighted by Gasteiger charge is 2.31. The summed E-state index contributed by atoms with van der Waals surface area (Å²) in [5.74, 6) is 0. The number of halogens is 4. The van der Waals surface area contributed by atoms with Gasteiger partial charge in [-0.15, -0.1) is 0 Å². The zero-order valence-corrected chi connectivity index (χ0v) is 11.2. The molecule has 0 bridgehead atoms. The Kier molecular flexibility index (Phi) is 4.26. The van der Waals surface area contributed by atoms with Crippen LogP contribution in [0.3, 0.4) is 0 Å². The van der Waals surface area contributed by atoms with Crippen LogP contribution in [0.5, 0.6) is 0 Å². The van der Waals surface area contributed by atoms with Crippen LogP contribution in [0.15, 0.2) is 18.2 Å². The van der Waals surface area contributed by atoms with Crippen molar-refractivity contribution in [3.8, 4) is 0 Å². The molecule has 1 saturated heterocycles. The number of benzene rings is 1. The smallest absolute Gasteiger partial charge is 0.381 e. The van der Waals surface area contributed by atoms with Crippen molar-refractivity contribution in [1.82, 2.24) is 0 Å².